The van der Waals surface area contributed by atoms with Crippen molar-refractivity contribution in [3.8, 4) is 0 Å². The second kappa shape index (κ2) is 4.98. The molecule has 0 bridgehead atoms. The summed E-state index contributed by atoms with van der Waals surface area (Å²) in [6.45, 7) is 2.32. The molecule has 2 aliphatic rings. The van der Waals surface area contributed by atoms with Crippen LogP contribution in [0.3, 0.4) is 0 Å². The second-order valence-electron chi connectivity index (χ2n) is 6.88. The summed E-state index contributed by atoms with van der Waals surface area (Å²) in [5.41, 5.74) is 7.49. The summed E-state index contributed by atoms with van der Waals surface area (Å²) >= 11 is 0. The van der Waals surface area contributed by atoms with E-state index < -0.39 is 0 Å². The average molecular weight is 304 g/mol. The zero-order chi connectivity index (χ0) is 16.3. The highest BCUT2D eigenvalue weighted by Crippen LogP contribution is 2.47. The molecule has 0 saturated heterocycles. The lowest BCUT2D eigenvalue weighted by Gasteiger charge is -2.33. The molecule has 0 heterocycles. The Balaban J connectivity index is 1.88. The first-order valence-electron chi connectivity index (χ1n) is 8.55. The number of rotatable bonds is 1. The summed E-state index contributed by atoms with van der Waals surface area (Å²) in [5, 5.41) is 2.63. The van der Waals surface area contributed by atoms with E-state index in [0.717, 1.165) is 5.46 Å². The maximum Gasteiger partial charge on any atom is 0.114 e. The van der Waals surface area contributed by atoms with E-state index in [1.165, 1.54) is 38.6 Å². The van der Waals surface area contributed by atoms with E-state index in [1.54, 1.807) is 0 Å². The second-order valence-corrected chi connectivity index (χ2v) is 6.88. The van der Waals surface area contributed by atoms with Gasteiger partial charge in [-0.05, 0) is 44.5 Å². The number of benzene rings is 3. The maximum absolute atomic E-state index is 6.27. The number of allylic oxidation sites excluding steroid dienone is 2. The van der Waals surface area contributed by atoms with Crippen LogP contribution in [0.5, 0.6) is 0 Å². The highest BCUT2D eigenvalue weighted by molar-refractivity contribution is 6.36. The minimum atomic E-state index is 0.436. The lowest BCUT2D eigenvalue weighted by Crippen LogP contribution is -2.19. The van der Waals surface area contributed by atoms with Gasteiger partial charge in [0.1, 0.15) is 7.85 Å². The van der Waals surface area contributed by atoms with Gasteiger partial charge in [0.25, 0.3) is 0 Å². The van der Waals surface area contributed by atoms with Gasteiger partial charge in [-0.3, -0.25) is 0 Å². The van der Waals surface area contributed by atoms with E-state index in [9.17, 15) is 0 Å². The fraction of sp³-hybridized carbons (Fsp3) is 0.130. The van der Waals surface area contributed by atoms with Crippen LogP contribution in [0, 0.1) is 5.92 Å². The van der Waals surface area contributed by atoms with E-state index >= 15 is 0 Å². The summed E-state index contributed by atoms with van der Waals surface area (Å²) in [4.78, 5) is 0. The summed E-state index contributed by atoms with van der Waals surface area (Å²) < 4.78 is 0. The van der Waals surface area contributed by atoms with Crippen molar-refractivity contribution in [3.63, 3.8) is 0 Å². The Bertz CT molecular complexity index is 1020. The van der Waals surface area contributed by atoms with E-state index in [0.29, 0.717) is 11.8 Å². The predicted octanol–water partition coefficient (Wildman–Crippen LogP) is 4.83. The zero-order valence-electron chi connectivity index (χ0n) is 13.7. The normalized spacial score (nSPS) is 21.0. The lowest BCUT2D eigenvalue weighted by molar-refractivity contribution is 0.637. The predicted molar refractivity (Wildman–Crippen MR) is 104 cm³/mol. The van der Waals surface area contributed by atoms with Crippen LogP contribution in [0.1, 0.15) is 35.1 Å². The molecule has 0 saturated carbocycles. The molecule has 0 amide bonds. The Hall–Kier alpha value is -2.54. The van der Waals surface area contributed by atoms with Crippen molar-refractivity contribution >= 4 is 35.7 Å². The maximum atomic E-state index is 6.27. The topological polar surface area (TPSA) is 0 Å². The number of hydrogen-bond acceptors (Lipinski definition) is 0. The minimum absolute atomic E-state index is 0.436. The van der Waals surface area contributed by atoms with Crippen molar-refractivity contribution < 1.29 is 0 Å². The molecule has 112 valence electrons. The molecule has 24 heavy (non-hydrogen) atoms. The van der Waals surface area contributed by atoms with Crippen LogP contribution >= 0.6 is 0 Å². The molecule has 2 radical (unpaired) electrons. The molecule has 2 atom stereocenters. The van der Waals surface area contributed by atoms with Crippen molar-refractivity contribution in [1.82, 2.24) is 0 Å². The molecule has 1 heteroatoms. The Labute approximate surface area is 143 Å². The lowest BCUT2D eigenvalue weighted by atomic mass is 9.69. The first kappa shape index (κ1) is 13.9. The Morgan fingerprint density at radius 1 is 0.917 bits per heavy atom. The van der Waals surface area contributed by atoms with E-state index in [4.69, 9.17) is 7.85 Å². The van der Waals surface area contributed by atoms with E-state index in [2.05, 4.69) is 73.7 Å². The van der Waals surface area contributed by atoms with Crippen molar-refractivity contribution in [2.24, 2.45) is 5.92 Å². The Morgan fingerprint density at radius 3 is 2.54 bits per heavy atom. The van der Waals surface area contributed by atoms with Gasteiger partial charge < -0.3 is 0 Å². The SMILES string of the molecule is [B]c1ccc2ccc3c4c2c1C=CC4C(C)C=C3c1ccccc1. The van der Waals surface area contributed by atoms with Gasteiger partial charge in [0.2, 0.25) is 0 Å². The fourth-order valence-electron chi connectivity index (χ4n) is 4.31. The summed E-state index contributed by atoms with van der Waals surface area (Å²) in [5.74, 6) is 0.912. The summed E-state index contributed by atoms with van der Waals surface area (Å²) in [7, 11) is 6.27. The summed E-state index contributed by atoms with van der Waals surface area (Å²) in [6, 6.07) is 19.4. The fourth-order valence-corrected chi connectivity index (χ4v) is 4.31. The highest BCUT2D eigenvalue weighted by atomic mass is 14.3. The third-order valence-corrected chi connectivity index (χ3v) is 5.48. The molecule has 2 unspecified atom stereocenters. The van der Waals surface area contributed by atoms with E-state index in [-0.39, 0.29) is 0 Å². The van der Waals surface area contributed by atoms with Crippen LogP contribution in [-0.2, 0) is 0 Å². The van der Waals surface area contributed by atoms with Gasteiger partial charge in [-0.1, -0.05) is 85.2 Å². The van der Waals surface area contributed by atoms with Gasteiger partial charge in [0, 0.05) is 5.92 Å². The molecule has 3 aromatic carbocycles. The standard InChI is InChI=1S/C23H17B/c1-14-13-20(15-5-3-2-4-6-15)18-9-7-16-8-12-21(24)19-11-10-17(14)23(18)22(16)19/h2-14,17H,1H3. The molecule has 0 aliphatic heterocycles. The first-order chi connectivity index (χ1) is 11.7. The van der Waals surface area contributed by atoms with Crippen LogP contribution in [0.4, 0.5) is 0 Å². The van der Waals surface area contributed by atoms with Gasteiger partial charge >= 0.3 is 0 Å². The number of hydrogen-bond donors (Lipinski definition) is 0. The van der Waals surface area contributed by atoms with Crippen molar-refractivity contribution in [3.05, 3.63) is 89.0 Å². The Morgan fingerprint density at radius 2 is 1.71 bits per heavy atom. The molecule has 0 nitrogen and oxygen atoms in total. The first-order valence-corrected chi connectivity index (χ1v) is 8.55. The molecule has 0 aromatic heterocycles. The van der Waals surface area contributed by atoms with Gasteiger partial charge in [-0.25, -0.2) is 0 Å². The van der Waals surface area contributed by atoms with Crippen molar-refractivity contribution in [2.75, 3.05) is 0 Å². The van der Waals surface area contributed by atoms with E-state index in [1.807, 2.05) is 6.07 Å². The van der Waals surface area contributed by atoms with Crippen LogP contribution in [0.15, 0.2) is 66.7 Å². The van der Waals surface area contributed by atoms with Crippen LogP contribution in [0.25, 0.3) is 22.4 Å². The highest BCUT2D eigenvalue weighted by Gasteiger charge is 2.30. The zero-order valence-corrected chi connectivity index (χ0v) is 13.7. The van der Waals surface area contributed by atoms with Crippen molar-refractivity contribution in [2.45, 2.75) is 12.8 Å². The van der Waals surface area contributed by atoms with Crippen LogP contribution in [-0.4, -0.2) is 7.85 Å². The summed E-state index contributed by atoms with van der Waals surface area (Å²) in [6.07, 6.45) is 6.98. The Kier molecular flexibility index (Phi) is 2.88. The van der Waals surface area contributed by atoms with Gasteiger partial charge in [-0.15, -0.1) is 0 Å². The molecule has 5 rings (SSSR count). The molecule has 3 aromatic rings. The van der Waals surface area contributed by atoms with Gasteiger partial charge in [0.05, 0.1) is 0 Å². The molecular formula is C23H17B. The molecule has 2 aliphatic carbocycles. The van der Waals surface area contributed by atoms with Crippen LogP contribution < -0.4 is 5.46 Å². The molecule has 0 fully saturated rings. The molecule has 0 N–H and O–H groups in total. The van der Waals surface area contributed by atoms with Crippen LogP contribution in [0.2, 0.25) is 0 Å². The van der Waals surface area contributed by atoms with Crippen molar-refractivity contribution in [1.29, 1.82) is 0 Å². The average Bonchev–Trinajstić information content (AvgIpc) is 2.63. The smallest absolute Gasteiger partial charge is 0.0889 e. The third-order valence-electron chi connectivity index (χ3n) is 5.48. The minimum Gasteiger partial charge on any atom is -0.0889 e. The molecule has 0 spiro atoms. The largest absolute Gasteiger partial charge is 0.114 e. The molecular weight excluding hydrogens is 287 g/mol. The monoisotopic (exact) mass is 304 g/mol. The van der Waals surface area contributed by atoms with Gasteiger partial charge in [-0.2, -0.15) is 0 Å². The quantitative estimate of drug-likeness (QED) is 0.565. The third kappa shape index (κ3) is 1.82. The van der Waals surface area contributed by atoms with Gasteiger partial charge in [0.15, 0.2) is 0 Å².